The fraction of sp³-hybridized carbons (Fsp3) is 0.238. The number of nitrogens with one attached hydrogen (secondary N) is 1. The van der Waals surface area contributed by atoms with Crippen LogP contribution >= 0.6 is 0 Å². The molecule has 0 aromatic heterocycles. The maximum Gasteiger partial charge on any atom is 0.323 e. The van der Waals surface area contributed by atoms with Crippen molar-refractivity contribution in [3.8, 4) is 5.75 Å². The normalized spacial score (nSPS) is 15.3. The molecule has 0 radical (unpaired) electrons. The topological polar surface area (TPSA) is 90.7 Å². The minimum Gasteiger partial charge on any atom is -0.497 e. The molecule has 27 heavy (non-hydrogen) atoms. The van der Waals surface area contributed by atoms with E-state index in [0.717, 1.165) is 24.3 Å². The number of esters is 1. The molecule has 1 heterocycles. The summed E-state index contributed by atoms with van der Waals surface area (Å²) >= 11 is 0. The van der Waals surface area contributed by atoms with Crippen LogP contribution in [0.4, 0.5) is 0 Å². The number of amides is 1. The van der Waals surface area contributed by atoms with Gasteiger partial charge in [0.15, 0.2) is 0 Å². The SMILES string of the molecule is COC(=O)C1Cc2ccccc2CN1.COc1cccc(C=CC(N)=O)c1. The molecule has 0 bridgehead atoms. The van der Waals surface area contributed by atoms with Gasteiger partial charge in [-0.1, -0.05) is 36.4 Å². The first-order valence-electron chi connectivity index (χ1n) is 8.53. The number of nitrogens with two attached hydrogens (primary N) is 1. The van der Waals surface area contributed by atoms with E-state index in [1.54, 1.807) is 13.2 Å². The predicted octanol–water partition coefficient (Wildman–Crippen LogP) is 2.07. The van der Waals surface area contributed by atoms with Crippen molar-refractivity contribution in [1.82, 2.24) is 5.32 Å². The van der Waals surface area contributed by atoms with E-state index in [9.17, 15) is 9.59 Å². The minimum atomic E-state index is -0.456. The zero-order chi connectivity index (χ0) is 19.6. The van der Waals surface area contributed by atoms with Gasteiger partial charge in [-0.15, -0.1) is 0 Å². The van der Waals surface area contributed by atoms with Gasteiger partial charge in [-0.05, 0) is 41.3 Å². The van der Waals surface area contributed by atoms with Gasteiger partial charge in [0.25, 0.3) is 0 Å². The van der Waals surface area contributed by atoms with E-state index in [-0.39, 0.29) is 12.0 Å². The summed E-state index contributed by atoms with van der Waals surface area (Å²) in [5.74, 6) is 0.119. The highest BCUT2D eigenvalue weighted by atomic mass is 16.5. The van der Waals surface area contributed by atoms with Crippen LogP contribution in [0.25, 0.3) is 6.08 Å². The summed E-state index contributed by atoms with van der Waals surface area (Å²) in [6.07, 6.45) is 3.68. The lowest BCUT2D eigenvalue weighted by Crippen LogP contribution is -2.42. The van der Waals surface area contributed by atoms with Gasteiger partial charge in [0.1, 0.15) is 11.8 Å². The number of rotatable bonds is 4. The number of carbonyl (C=O) groups is 2. The van der Waals surface area contributed by atoms with Gasteiger partial charge >= 0.3 is 5.97 Å². The third-order valence-electron chi connectivity index (χ3n) is 4.10. The zero-order valence-electron chi connectivity index (χ0n) is 15.5. The molecule has 0 saturated heterocycles. The van der Waals surface area contributed by atoms with E-state index in [1.807, 2.05) is 36.4 Å². The first-order valence-corrected chi connectivity index (χ1v) is 8.53. The molecule has 0 aliphatic carbocycles. The van der Waals surface area contributed by atoms with Crippen molar-refractivity contribution in [3.63, 3.8) is 0 Å². The van der Waals surface area contributed by atoms with Crippen LogP contribution in [0.15, 0.2) is 54.6 Å². The predicted molar refractivity (Wildman–Crippen MR) is 104 cm³/mol. The minimum absolute atomic E-state index is 0.181. The number of fused-ring (bicyclic) bond motifs is 1. The number of methoxy groups -OCH3 is 2. The molecule has 3 N–H and O–H groups in total. The molecule has 0 spiro atoms. The molecule has 6 heteroatoms. The second-order valence-corrected chi connectivity index (χ2v) is 5.94. The fourth-order valence-electron chi connectivity index (χ4n) is 2.69. The van der Waals surface area contributed by atoms with Crippen LogP contribution in [-0.2, 0) is 27.3 Å². The Hall–Kier alpha value is -3.12. The Morgan fingerprint density at radius 2 is 1.85 bits per heavy atom. The summed E-state index contributed by atoms with van der Waals surface area (Å²) < 4.78 is 9.71. The maximum absolute atomic E-state index is 11.3. The van der Waals surface area contributed by atoms with Crippen molar-refractivity contribution < 1.29 is 19.1 Å². The van der Waals surface area contributed by atoms with Crippen molar-refractivity contribution >= 4 is 18.0 Å². The van der Waals surface area contributed by atoms with E-state index >= 15 is 0 Å². The first-order chi connectivity index (χ1) is 13.0. The number of hydrogen-bond acceptors (Lipinski definition) is 5. The molecule has 0 fully saturated rings. The van der Waals surface area contributed by atoms with Crippen LogP contribution in [0.3, 0.4) is 0 Å². The Kier molecular flexibility index (Phi) is 7.58. The number of benzene rings is 2. The summed E-state index contributed by atoms with van der Waals surface area (Å²) in [7, 11) is 3.02. The van der Waals surface area contributed by atoms with E-state index in [2.05, 4.69) is 17.4 Å². The van der Waals surface area contributed by atoms with Gasteiger partial charge in [-0.25, -0.2) is 0 Å². The highest BCUT2D eigenvalue weighted by Crippen LogP contribution is 2.16. The van der Waals surface area contributed by atoms with Crippen LogP contribution in [0.5, 0.6) is 5.75 Å². The molecule has 0 saturated carbocycles. The number of hydrogen-bond donors (Lipinski definition) is 2. The summed E-state index contributed by atoms with van der Waals surface area (Å²) in [6.45, 7) is 0.746. The second-order valence-electron chi connectivity index (χ2n) is 5.94. The Morgan fingerprint density at radius 1 is 1.11 bits per heavy atom. The molecular formula is C21H24N2O4. The molecule has 3 rings (SSSR count). The third-order valence-corrected chi connectivity index (χ3v) is 4.10. The van der Waals surface area contributed by atoms with Crippen LogP contribution in [0, 0.1) is 0 Å². The lowest BCUT2D eigenvalue weighted by molar-refractivity contribution is -0.143. The molecule has 1 amide bonds. The average Bonchev–Trinajstić information content (AvgIpc) is 2.72. The molecule has 6 nitrogen and oxygen atoms in total. The van der Waals surface area contributed by atoms with Crippen LogP contribution < -0.4 is 15.8 Å². The number of primary amides is 1. The zero-order valence-corrected chi connectivity index (χ0v) is 15.5. The highest BCUT2D eigenvalue weighted by molar-refractivity contribution is 5.90. The maximum atomic E-state index is 11.3. The van der Waals surface area contributed by atoms with Crippen molar-refractivity contribution in [2.45, 2.75) is 19.0 Å². The quantitative estimate of drug-likeness (QED) is 0.637. The van der Waals surface area contributed by atoms with Crippen LogP contribution in [-0.4, -0.2) is 32.1 Å². The summed E-state index contributed by atoms with van der Waals surface area (Å²) in [6, 6.07) is 15.3. The van der Waals surface area contributed by atoms with Crippen molar-refractivity contribution in [1.29, 1.82) is 0 Å². The van der Waals surface area contributed by atoms with Crippen LogP contribution in [0.1, 0.15) is 16.7 Å². The molecule has 2 aromatic carbocycles. The molecular weight excluding hydrogens is 344 g/mol. The van der Waals surface area contributed by atoms with Gasteiger partial charge in [-0.3, -0.25) is 9.59 Å². The average molecular weight is 368 g/mol. The van der Waals surface area contributed by atoms with E-state index in [4.69, 9.17) is 15.2 Å². The van der Waals surface area contributed by atoms with Crippen LogP contribution in [0.2, 0.25) is 0 Å². The molecule has 1 aliphatic rings. The standard InChI is InChI=1S/C11H13NO2.C10H11NO2/c1-14-11(13)10-6-8-4-2-3-5-9(8)7-12-10;1-13-9-4-2-3-8(7-9)5-6-10(11)12/h2-5,10,12H,6-7H2,1H3;2-7H,1H3,(H2,11,12). The van der Waals surface area contributed by atoms with Crippen molar-refractivity contribution in [2.24, 2.45) is 5.73 Å². The third kappa shape index (κ3) is 6.27. The lowest BCUT2D eigenvalue weighted by Gasteiger charge is -2.23. The van der Waals surface area contributed by atoms with Gasteiger partial charge in [0, 0.05) is 12.6 Å². The summed E-state index contributed by atoms with van der Waals surface area (Å²) in [5.41, 5.74) is 8.35. The number of ether oxygens (including phenoxy) is 2. The van der Waals surface area contributed by atoms with Gasteiger partial charge in [-0.2, -0.15) is 0 Å². The lowest BCUT2D eigenvalue weighted by atomic mass is 9.96. The van der Waals surface area contributed by atoms with Gasteiger partial charge in [0.2, 0.25) is 5.91 Å². The molecule has 2 aromatic rings. The van der Waals surface area contributed by atoms with E-state index < -0.39 is 5.91 Å². The van der Waals surface area contributed by atoms with E-state index in [1.165, 1.54) is 24.3 Å². The number of carbonyl (C=O) groups excluding carboxylic acids is 2. The second kappa shape index (κ2) is 10.1. The molecule has 142 valence electrons. The Balaban J connectivity index is 0.000000194. The molecule has 1 unspecified atom stereocenters. The molecule has 1 aliphatic heterocycles. The van der Waals surface area contributed by atoms with Gasteiger partial charge in [0.05, 0.1) is 14.2 Å². The Bertz CT molecular complexity index is 817. The smallest absolute Gasteiger partial charge is 0.323 e. The molecule has 1 atom stereocenters. The van der Waals surface area contributed by atoms with E-state index in [0.29, 0.717) is 0 Å². The first kappa shape index (κ1) is 20.2. The highest BCUT2D eigenvalue weighted by Gasteiger charge is 2.23. The summed E-state index contributed by atoms with van der Waals surface area (Å²) in [5, 5.41) is 3.15. The van der Waals surface area contributed by atoms with Gasteiger partial charge < -0.3 is 20.5 Å². The Labute approximate surface area is 159 Å². The van der Waals surface area contributed by atoms with Crippen molar-refractivity contribution in [2.75, 3.05) is 14.2 Å². The fourth-order valence-corrected chi connectivity index (χ4v) is 2.69. The van der Waals surface area contributed by atoms with Crippen molar-refractivity contribution in [3.05, 3.63) is 71.3 Å². The monoisotopic (exact) mass is 368 g/mol. The largest absolute Gasteiger partial charge is 0.497 e. The Morgan fingerprint density at radius 3 is 2.52 bits per heavy atom. The summed E-state index contributed by atoms with van der Waals surface area (Å²) in [4.78, 5) is 21.7.